The van der Waals surface area contributed by atoms with Gasteiger partial charge in [0.2, 0.25) is 0 Å². The van der Waals surface area contributed by atoms with Crippen LogP contribution in [0.2, 0.25) is 0 Å². The van der Waals surface area contributed by atoms with Crippen molar-refractivity contribution in [1.82, 2.24) is 4.57 Å². The summed E-state index contributed by atoms with van der Waals surface area (Å²) in [4.78, 5) is 0. The highest BCUT2D eigenvalue weighted by atomic mass is 19.1. The summed E-state index contributed by atoms with van der Waals surface area (Å²) in [5, 5.41) is 9.18. The average molecular weight is 174 g/mol. The summed E-state index contributed by atoms with van der Waals surface area (Å²) in [6, 6.07) is 6.56. The zero-order valence-corrected chi connectivity index (χ0v) is 7.08. The molecule has 3 heteroatoms. The molecule has 0 unspecified atom stereocenters. The minimum Gasteiger partial charge on any atom is -0.350 e. The van der Waals surface area contributed by atoms with Gasteiger partial charge in [-0.25, -0.2) is 4.39 Å². The van der Waals surface area contributed by atoms with Gasteiger partial charge in [-0.2, -0.15) is 5.26 Å². The number of benzene rings is 1. The van der Waals surface area contributed by atoms with Crippen molar-refractivity contribution in [3.05, 3.63) is 35.8 Å². The first kappa shape index (κ1) is 7.81. The van der Waals surface area contributed by atoms with E-state index in [2.05, 4.69) is 0 Å². The molecule has 0 radical (unpaired) electrons. The van der Waals surface area contributed by atoms with Crippen molar-refractivity contribution in [1.29, 1.82) is 5.26 Å². The minimum atomic E-state index is -0.338. The average Bonchev–Trinajstić information content (AvgIpc) is 2.48. The van der Waals surface area contributed by atoms with E-state index in [9.17, 15) is 4.39 Å². The van der Waals surface area contributed by atoms with E-state index in [1.54, 1.807) is 22.9 Å². The largest absolute Gasteiger partial charge is 0.350 e. The molecule has 0 fully saturated rings. The fraction of sp³-hybridized carbons (Fsp3) is 0.100. The third-order valence-electron chi connectivity index (χ3n) is 2.08. The van der Waals surface area contributed by atoms with E-state index < -0.39 is 0 Å². The lowest BCUT2D eigenvalue weighted by molar-refractivity contribution is 0.639. The second-order valence-corrected chi connectivity index (χ2v) is 2.93. The Morgan fingerprint density at radius 3 is 2.92 bits per heavy atom. The summed E-state index contributed by atoms with van der Waals surface area (Å²) in [5.74, 6) is -0.338. The third kappa shape index (κ3) is 1.07. The van der Waals surface area contributed by atoms with Gasteiger partial charge in [-0.1, -0.05) is 0 Å². The van der Waals surface area contributed by atoms with Gasteiger partial charge in [0, 0.05) is 18.6 Å². The quantitative estimate of drug-likeness (QED) is 0.601. The molecule has 0 bridgehead atoms. The van der Waals surface area contributed by atoms with E-state index >= 15 is 0 Å². The molecular weight excluding hydrogens is 167 g/mol. The van der Waals surface area contributed by atoms with E-state index in [4.69, 9.17) is 5.26 Å². The Balaban J connectivity index is 2.90. The zero-order valence-electron chi connectivity index (χ0n) is 7.08. The molecule has 0 N–H and O–H groups in total. The Morgan fingerprint density at radius 1 is 1.46 bits per heavy atom. The smallest absolute Gasteiger partial charge is 0.133 e. The van der Waals surface area contributed by atoms with Crippen LogP contribution in [0.1, 0.15) is 5.56 Å². The zero-order chi connectivity index (χ0) is 9.42. The maximum absolute atomic E-state index is 13.3. The van der Waals surface area contributed by atoms with Crippen LogP contribution in [-0.4, -0.2) is 4.57 Å². The molecule has 13 heavy (non-hydrogen) atoms. The number of aromatic nitrogens is 1. The molecular formula is C10H7FN2. The van der Waals surface area contributed by atoms with Gasteiger partial charge >= 0.3 is 0 Å². The highest BCUT2D eigenvalue weighted by Crippen LogP contribution is 2.20. The lowest BCUT2D eigenvalue weighted by Crippen LogP contribution is -1.87. The van der Waals surface area contributed by atoms with Gasteiger partial charge in [0.1, 0.15) is 5.82 Å². The highest BCUT2D eigenvalue weighted by molar-refractivity contribution is 5.82. The van der Waals surface area contributed by atoms with E-state index in [1.165, 1.54) is 6.07 Å². The number of hydrogen-bond acceptors (Lipinski definition) is 1. The molecule has 2 rings (SSSR count). The summed E-state index contributed by atoms with van der Waals surface area (Å²) in [6.45, 7) is 0. The molecule has 0 aliphatic rings. The molecule has 0 saturated carbocycles. The fourth-order valence-electron chi connectivity index (χ4n) is 1.39. The Hall–Kier alpha value is -1.82. The Bertz CT molecular complexity index is 505. The number of nitrogens with zero attached hydrogens (tertiary/aromatic N) is 2. The summed E-state index contributed by atoms with van der Waals surface area (Å²) < 4.78 is 15.1. The monoisotopic (exact) mass is 174 g/mol. The summed E-state index contributed by atoms with van der Waals surface area (Å²) in [6.07, 6.45) is 1.77. The molecule has 1 heterocycles. The predicted octanol–water partition coefficient (Wildman–Crippen LogP) is 2.19. The SMILES string of the molecule is Cn1ccc2c(F)cc(C#N)cc21. The summed E-state index contributed by atoms with van der Waals surface area (Å²) >= 11 is 0. The van der Waals surface area contributed by atoms with Crippen LogP contribution in [0.25, 0.3) is 10.9 Å². The molecule has 2 nitrogen and oxygen atoms in total. The maximum atomic E-state index is 13.3. The van der Waals surface area contributed by atoms with Crippen LogP contribution < -0.4 is 0 Å². The molecule has 1 aromatic heterocycles. The van der Waals surface area contributed by atoms with Crippen molar-refractivity contribution >= 4 is 10.9 Å². The Kier molecular flexibility index (Phi) is 1.56. The van der Waals surface area contributed by atoms with Crippen molar-refractivity contribution < 1.29 is 4.39 Å². The molecule has 0 atom stereocenters. The first-order chi connectivity index (χ1) is 6.22. The van der Waals surface area contributed by atoms with Gasteiger partial charge in [0.05, 0.1) is 17.1 Å². The van der Waals surface area contributed by atoms with Crippen molar-refractivity contribution in [3.63, 3.8) is 0 Å². The first-order valence-corrected chi connectivity index (χ1v) is 3.87. The van der Waals surface area contributed by atoms with Crippen LogP contribution >= 0.6 is 0 Å². The molecule has 2 aromatic rings. The van der Waals surface area contributed by atoms with Crippen molar-refractivity contribution in [2.24, 2.45) is 7.05 Å². The first-order valence-electron chi connectivity index (χ1n) is 3.87. The number of fused-ring (bicyclic) bond motifs is 1. The summed E-state index contributed by atoms with van der Waals surface area (Å²) in [7, 11) is 1.82. The molecule has 0 aliphatic heterocycles. The van der Waals surface area contributed by atoms with Gasteiger partial charge < -0.3 is 4.57 Å². The van der Waals surface area contributed by atoms with Crippen LogP contribution in [0.4, 0.5) is 4.39 Å². The van der Waals surface area contributed by atoms with Crippen LogP contribution in [-0.2, 0) is 7.05 Å². The lowest BCUT2D eigenvalue weighted by Gasteiger charge is -1.97. The standard InChI is InChI=1S/C10H7FN2/c1-13-3-2-8-9(11)4-7(6-12)5-10(8)13/h2-5H,1H3. The second-order valence-electron chi connectivity index (χ2n) is 2.93. The van der Waals surface area contributed by atoms with Crippen molar-refractivity contribution in [2.45, 2.75) is 0 Å². The highest BCUT2D eigenvalue weighted by Gasteiger charge is 2.05. The summed E-state index contributed by atoms with van der Waals surface area (Å²) in [5.41, 5.74) is 1.10. The van der Waals surface area contributed by atoms with Gasteiger partial charge in [0.25, 0.3) is 0 Å². The van der Waals surface area contributed by atoms with Gasteiger partial charge in [-0.3, -0.25) is 0 Å². The molecule has 1 aromatic carbocycles. The third-order valence-corrected chi connectivity index (χ3v) is 2.08. The minimum absolute atomic E-state index is 0.338. The van der Waals surface area contributed by atoms with Crippen LogP contribution in [0, 0.1) is 17.1 Å². The van der Waals surface area contributed by atoms with Gasteiger partial charge in [0.15, 0.2) is 0 Å². The van der Waals surface area contributed by atoms with E-state index in [0.717, 1.165) is 5.52 Å². The number of nitriles is 1. The molecule has 64 valence electrons. The molecule has 0 amide bonds. The molecule has 0 saturated heterocycles. The fourth-order valence-corrected chi connectivity index (χ4v) is 1.39. The number of aryl methyl sites for hydroxylation is 1. The van der Waals surface area contributed by atoms with Crippen LogP contribution in [0.5, 0.6) is 0 Å². The van der Waals surface area contributed by atoms with Crippen LogP contribution in [0.15, 0.2) is 24.4 Å². The predicted molar refractivity (Wildman–Crippen MR) is 47.6 cm³/mol. The van der Waals surface area contributed by atoms with E-state index in [-0.39, 0.29) is 5.82 Å². The Labute approximate surface area is 74.8 Å². The maximum Gasteiger partial charge on any atom is 0.133 e. The topological polar surface area (TPSA) is 28.7 Å². The Morgan fingerprint density at radius 2 is 2.23 bits per heavy atom. The number of rotatable bonds is 0. The lowest BCUT2D eigenvalue weighted by atomic mass is 10.2. The van der Waals surface area contributed by atoms with Crippen LogP contribution in [0.3, 0.4) is 0 Å². The molecule has 0 aliphatic carbocycles. The number of halogens is 1. The second kappa shape index (κ2) is 2.60. The number of hydrogen-bond donors (Lipinski definition) is 0. The molecule has 0 spiro atoms. The van der Waals surface area contributed by atoms with Gasteiger partial charge in [-0.05, 0) is 18.2 Å². The normalized spacial score (nSPS) is 10.2. The van der Waals surface area contributed by atoms with Gasteiger partial charge in [-0.15, -0.1) is 0 Å². The van der Waals surface area contributed by atoms with Crippen molar-refractivity contribution in [3.8, 4) is 6.07 Å². The van der Waals surface area contributed by atoms with Crippen molar-refractivity contribution in [2.75, 3.05) is 0 Å². The van der Waals surface area contributed by atoms with E-state index in [0.29, 0.717) is 10.9 Å². The van der Waals surface area contributed by atoms with E-state index in [1.807, 2.05) is 13.1 Å².